The molecule has 20 heavy (non-hydrogen) atoms. The molecule has 0 spiro atoms. The van der Waals surface area contributed by atoms with Crippen molar-refractivity contribution in [3.05, 3.63) is 17.0 Å². The van der Waals surface area contributed by atoms with Crippen LogP contribution in [-0.2, 0) is 13.5 Å². The molecule has 3 N–H and O–H groups in total. The average molecular weight is 282 g/mol. The molecule has 0 fully saturated rings. The van der Waals surface area contributed by atoms with Gasteiger partial charge in [0.1, 0.15) is 0 Å². The summed E-state index contributed by atoms with van der Waals surface area (Å²) < 4.78 is 1.85. The average Bonchev–Trinajstić information content (AvgIpc) is 2.52. The van der Waals surface area contributed by atoms with E-state index >= 15 is 0 Å². The molecule has 1 heterocycles. The van der Waals surface area contributed by atoms with Crippen LogP contribution in [0.1, 0.15) is 37.7 Å². The maximum atomic E-state index is 11.7. The van der Waals surface area contributed by atoms with Gasteiger partial charge in [-0.25, -0.2) is 4.79 Å². The van der Waals surface area contributed by atoms with E-state index in [2.05, 4.69) is 15.7 Å². The molecular formula is C14H26N4O2. The van der Waals surface area contributed by atoms with E-state index in [1.54, 1.807) is 13.8 Å². The first-order chi connectivity index (χ1) is 9.10. The van der Waals surface area contributed by atoms with Crippen LogP contribution in [0.5, 0.6) is 0 Å². The summed E-state index contributed by atoms with van der Waals surface area (Å²) in [5.41, 5.74) is 2.38. The van der Waals surface area contributed by atoms with Gasteiger partial charge in [0.2, 0.25) is 0 Å². The fourth-order valence-corrected chi connectivity index (χ4v) is 2.04. The zero-order valence-corrected chi connectivity index (χ0v) is 13.2. The summed E-state index contributed by atoms with van der Waals surface area (Å²) in [6, 6.07) is -0.266. The van der Waals surface area contributed by atoms with Crippen LogP contribution in [0.25, 0.3) is 0 Å². The molecule has 6 heteroatoms. The number of hydrogen-bond donors (Lipinski definition) is 3. The number of carbonyl (C=O) groups is 1. The van der Waals surface area contributed by atoms with Crippen LogP contribution in [0.15, 0.2) is 0 Å². The normalized spacial score (nSPS) is 13.2. The molecule has 1 unspecified atom stereocenters. The number of nitrogens with one attached hydrogen (secondary N) is 2. The van der Waals surface area contributed by atoms with Crippen LogP contribution in [-0.4, -0.2) is 39.1 Å². The SMILES string of the molecule is Cc1nn(C)c(C)c1CC(C)NC(=O)NCC(C)(C)O. The zero-order valence-electron chi connectivity index (χ0n) is 13.2. The van der Waals surface area contributed by atoms with Crippen LogP contribution in [0.4, 0.5) is 4.79 Å². The number of nitrogens with zero attached hydrogens (tertiary/aromatic N) is 2. The summed E-state index contributed by atoms with van der Waals surface area (Å²) in [6.07, 6.45) is 0.738. The molecule has 1 atom stereocenters. The maximum absolute atomic E-state index is 11.7. The molecule has 1 aromatic rings. The predicted molar refractivity (Wildman–Crippen MR) is 78.7 cm³/mol. The molecule has 0 saturated heterocycles. The number of aliphatic hydroxyl groups is 1. The van der Waals surface area contributed by atoms with Crippen LogP contribution in [0.2, 0.25) is 0 Å². The van der Waals surface area contributed by atoms with Gasteiger partial charge in [-0.2, -0.15) is 5.10 Å². The van der Waals surface area contributed by atoms with Gasteiger partial charge in [0.05, 0.1) is 11.3 Å². The number of carbonyl (C=O) groups excluding carboxylic acids is 1. The van der Waals surface area contributed by atoms with Gasteiger partial charge in [0, 0.05) is 25.3 Å². The second kappa shape index (κ2) is 6.26. The van der Waals surface area contributed by atoms with Gasteiger partial charge in [-0.15, -0.1) is 0 Å². The lowest BCUT2D eigenvalue weighted by molar-refractivity contribution is 0.0818. The summed E-state index contributed by atoms with van der Waals surface area (Å²) in [5.74, 6) is 0. The molecule has 0 saturated carbocycles. The standard InChI is InChI=1S/C14H26N4O2/c1-9(16-13(19)15-8-14(4,5)20)7-12-10(2)17-18(6)11(12)3/h9,20H,7-8H2,1-6H3,(H2,15,16,19). The van der Waals surface area contributed by atoms with Gasteiger partial charge in [-0.1, -0.05) is 0 Å². The lowest BCUT2D eigenvalue weighted by atomic mass is 10.1. The molecule has 0 aliphatic heterocycles. The van der Waals surface area contributed by atoms with Gasteiger partial charge in [-0.05, 0) is 46.6 Å². The van der Waals surface area contributed by atoms with E-state index in [-0.39, 0.29) is 18.6 Å². The Bertz CT molecular complexity index is 474. The highest BCUT2D eigenvalue weighted by Gasteiger charge is 2.17. The Hall–Kier alpha value is -1.56. The van der Waals surface area contributed by atoms with Crippen LogP contribution in [0, 0.1) is 13.8 Å². The Kier molecular flexibility index (Phi) is 5.16. The van der Waals surface area contributed by atoms with Crippen molar-refractivity contribution in [2.75, 3.05) is 6.54 Å². The molecule has 2 amide bonds. The molecular weight excluding hydrogens is 256 g/mol. The third-order valence-corrected chi connectivity index (χ3v) is 3.23. The van der Waals surface area contributed by atoms with E-state index in [0.717, 1.165) is 17.8 Å². The Labute approximate surface area is 120 Å². The van der Waals surface area contributed by atoms with Crippen molar-refractivity contribution in [1.29, 1.82) is 0 Å². The fourth-order valence-electron chi connectivity index (χ4n) is 2.04. The van der Waals surface area contributed by atoms with Gasteiger partial charge in [0.25, 0.3) is 0 Å². The lowest BCUT2D eigenvalue weighted by Crippen LogP contribution is -2.46. The first kappa shape index (κ1) is 16.5. The van der Waals surface area contributed by atoms with Gasteiger partial charge >= 0.3 is 6.03 Å². The van der Waals surface area contributed by atoms with Crippen molar-refractivity contribution in [3.8, 4) is 0 Å². The summed E-state index contributed by atoms with van der Waals surface area (Å²) in [7, 11) is 1.92. The van der Waals surface area contributed by atoms with E-state index in [1.165, 1.54) is 5.56 Å². The highest BCUT2D eigenvalue weighted by molar-refractivity contribution is 5.74. The number of aromatic nitrogens is 2. The highest BCUT2D eigenvalue weighted by Crippen LogP contribution is 2.14. The van der Waals surface area contributed by atoms with Crippen molar-refractivity contribution in [2.45, 2.75) is 52.7 Å². The molecule has 1 rings (SSSR count). The second-order valence-corrected chi connectivity index (χ2v) is 6.02. The van der Waals surface area contributed by atoms with Crippen LogP contribution in [0.3, 0.4) is 0 Å². The largest absolute Gasteiger partial charge is 0.389 e. The Morgan fingerprint density at radius 1 is 1.45 bits per heavy atom. The topological polar surface area (TPSA) is 79.2 Å². The monoisotopic (exact) mass is 282 g/mol. The zero-order chi connectivity index (χ0) is 15.5. The number of amides is 2. The third-order valence-electron chi connectivity index (χ3n) is 3.23. The number of hydrogen-bond acceptors (Lipinski definition) is 3. The number of urea groups is 1. The molecule has 6 nitrogen and oxygen atoms in total. The molecule has 0 aliphatic rings. The predicted octanol–water partition coefficient (Wildman–Crippen LogP) is 1.04. The second-order valence-electron chi connectivity index (χ2n) is 6.02. The first-order valence-corrected chi connectivity index (χ1v) is 6.86. The van der Waals surface area contributed by atoms with E-state index in [9.17, 15) is 9.90 Å². The number of aryl methyl sites for hydroxylation is 2. The Morgan fingerprint density at radius 3 is 2.50 bits per heavy atom. The van der Waals surface area contributed by atoms with Crippen molar-refractivity contribution >= 4 is 6.03 Å². The minimum absolute atomic E-state index is 0.00148. The third kappa shape index (κ3) is 4.85. The first-order valence-electron chi connectivity index (χ1n) is 6.86. The van der Waals surface area contributed by atoms with Gasteiger partial charge in [0.15, 0.2) is 0 Å². The quantitative estimate of drug-likeness (QED) is 0.755. The van der Waals surface area contributed by atoms with E-state index in [1.807, 2.05) is 32.5 Å². The van der Waals surface area contributed by atoms with E-state index in [4.69, 9.17) is 0 Å². The van der Waals surface area contributed by atoms with Crippen molar-refractivity contribution in [1.82, 2.24) is 20.4 Å². The molecule has 0 bridgehead atoms. The van der Waals surface area contributed by atoms with Crippen molar-refractivity contribution < 1.29 is 9.90 Å². The fraction of sp³-hybridized carbons (Fsp3) is 0.714. The Morgan fingerprint density at radius 2 is 2.05 bits per heavy atom. The highest BCUT2D eigenvalue weighted by atomic mass is 16.3. The van der Waals surface area contributed by atoms with Gasteiger partial charge in [-0.3, -0.25) is 4.68 Å². The molecule has 0 radical (unpaired) electrons. The molecule has 0 aromatic carbocycles. The molecule has 0 aliphatic carbocycles. The van der Waals surface area contributed by atoms with Crippen LogP contribution < -0.4 is 10.6 Å². The minimum atomic E-state index is -0.906. The lowest BCUT2D eigenvalue weighted by Gasteiger charge is -2.20. The van der Waals surface area contributed by atoms with E-state index in [0.29, 0.717) is 0 Å². The summed E-state index contributed by atoms with van der Waals surface area (Å²) in [6.45, 7) is 9.48. The van der Waals surface area contributed by atoms with E-state index < -0.39 is 5.60 Å². The molecule has 114 valence electrons. The summed E-state index contributed by atoms with van der Waals surface area (Å²) >= 11 is 0. The molecule has 1 aromatic heterocycles. The maximum Gasteiger partial charge on any atom is 0.315 e. The Balaban J connectivity index is 2.51. The minimum Gasteiger partial charge on any atom is -0.389 e. The smallest absolute Gasteiger partial charge is 0.315 e. The number of rotatable bonds is 5. The van der Waals surface area contributed by atoms with Gasteiger partial charge < -0.3 is 15.7 Å². The summed E-state index contributed by atoms with van der Waals surface area (Å²) in [5, 5.41) is 19.4. The van der Waals surface area contributed by atoms with Crippen molar-refractivity contribution in [2.24, 2.45) is 7.05 Å². The van der Waals surface area contributed by atoms with Crippen LogP contribution >= 0.6 is 0 Å². The van der Waals surface area contributed by atoms with Crippen molar-refractivity contribution in [3.63, 3.8) is 0 Å². The summed E-state index contributed by atoms with van der Waals surface area (Å²) in [4.78, 5) is 11.7.